The van der Waals surface area contributed by atoms with Gasteiger partial charge >= 0.3 is 0 Å². The minimum absolute atomic E-state index is 0.0470. The van der Waals surface area contributed by atoms with Crippen LogP contribution < -0.4 is 4.90 Å². The van der Waals surface area contributed by atoms with Gasteiger partial charge in [-0.2, -0.15) is 5.26 Å². The van der Waals surface area contributed by atoms with Gasteiger partial charge in [-0.05, 0) is 30.4 Å². The first kappa shape index (κ1) is 19.6. The lowest BCUT2D eigenvalue weighted by Crippen LogP contribution is -2.48. The molecule has 4 rings (SSSR count). The maximum atomic E-state index is 13.6. The summed E-state index contributed by atoms with van der Waals surface area (Å²) in [5, 5.41) is 11.5. The number of amides is 1. The second-order valence-electron chi connectivity index (χ2n) is 8.02. The molecule has 2 fully saturated rings. The number of aromatic nitrogens is 1. The van der Waals surface area contributed by atoms with E-state index in [1.807, 2.05) is 18.5 Å². The Hall–Kier alpha value is -2.72. The van der Waals surface area contributed by atoms with Crippen LogP contribution in [0.15, 0.2) is 36.7 Å². The van der Waals surface area contributed by atoms with Gasteiger partial charge < -0.3 is 9.80 Å². The monoisotopic (exact) mass is 395 g/mol. The van der Waals surface area contributed by atoms with Gasteiger partial charge in [-0.3, -0.25) is 14.7 Å². The number of fused-ring (bicyclic) bond motifs is 1. The van der Waals surface area contributed by atoms with Crippen molar-refractivity contribution in [3.63, 3.8) is 0 Å². The third-order valence-electron chi connectivity index (χ3n) is 6.22. The predicted molar refractivity (Wildman–Crippen MR) is 110 cm³/mol. The molecular formula is C22H26FN5O. The van der Waals surface area contributed by atoms with Crippen molar-refractivity contribution in [1.29, 1.82) is 5.26 Å². The number of pyridine rings is 1. The van der Waals surface area contributed by atoms with Gasteiger partial charge in [0.1, 0.15) is 12.2 Å². The Labute approximate surface area is 170 Å². The summed E-state index contributed by atoms with van der Waals surface area (Å²) in [7, 11) is 2.12. The molecule has 3 heterocycles. The fourth-order valence-corrected chi connectivity index (χ4v) is 4.53. The molecule has 152 valence electrons. The van der Waals surface area contributed by atoms with Crippen LogP contribution >= 0.6 is 0 Å². The average Bonchev–Trinajstić information content (AvgIpc) is 3.14. The molecule has 0 unspecified atom stereocenters. The van der Waals surface area contributed by atoms with Gasteiger partial charge in [0.05, 0.1) is 19.2 Å². The molecule has 2 aromatic rings. The van der Waals surface area contributed by atoms with Gasteiger partial charge in [-0.25, -0.2) is 4.39 Å². The van der Waals surface area contributed by atoms with Crippen molar-refractivity contribution in [3.8, 4) is 6.07 Å². The zero-order chi connectivity index (χ0) is 20.4. The number of nitrogens with zero attached hydrogens (tertiary/aromatic N) is 5. The van der Waals surface area contributed by atoms with E-state index in [0.29, 0.717) is 6.04 Å². The SMILES string of the molecule is CN(c1cccc2ccncc12)C1CCN(CC(=O)N2C[C@@H](F)C[C@H]2C#N)CC1. The molecule has 0 N–H and O–H groups in total. The quantitative estimate of drug-likeness (QED) is 0.796. The molecule has 0 radical (unpaired) electrons. The summed E-state index contributed by atoms with van der Waals surface area (Å²) >= 11 is 0. The van der Waals surface area contributed by atoms with E-state index >= 15 is 0 Å². The van der Waals surface area contributed by atoms with E-state index in [2.05, 4.69) is 46.1 Å². The van der Waals surface area contributed by atoms with Gasteiger partial charge in [0.2, 0.25) is 5.91 Å². The average molecular weight is 395 g/mol. The highest BCUT2D eigenvalue weighted by molar-refractivity contribution is 5.93. The molecule has 2 saturated heterocycles. The first-order valence-electron chi connectivity index (χ1n) is 10.2. The molecule has 0 spiro atoms. The van der Waals surface area contributed by atoms with Crippen molar-refractivity contribution < 1.29 is 9.18 Å². The molecule has 1 amide bonds. The number of hydrogen-bond donors (Lipinski definition) is 0. The lowest BCUT2D eigenvalue weighted by molar-refractivity contribution is -0.132. The highest BCUT2D eigenvalue weighted by Gasteiger charge is 2.36. The lowest BCUT2D eigenvalue weighted by Gasteiger charge is -2.38. The normalized spacial score (nSPS) is 23.3. The van der Waals surface area contributed by atoms with Crippen LogP contribution in [0.5, 0.6) is 0 Å². The lowest BCUT2D eigenvalue weighted by atomic mass is 10.0. The number of alkyl halides is 1. The van der Waals surface area contributed by atoms with Crippen molar-refractivity contribution in [2.75, 3.05) is 38.1 Å². The van der Waals surface area contributed by atoms with E-state index in [0.717, 1.165) is 31.3 Å². The highest BCUT2D eigenvalue weighted by Crippen LogP contribution is 2.29. The van der Waals surface area contributed by atoms with Crippen molar-refractivity contribution in [3.05, 3.63) is 36.7 Å². The molecule has 1 aromatic carbocycles. The summed E-state index contributed by atoms with van der Waals surface area (Å²) in [6.07, 6.45) is 4.67. The summed E-state index contributed by atoms with van der Waals surface area (Å²) in [5.41, 5.74) is 1.17. The van der Waals surface area contributed by atoms with E-state index in [1.165, 1.54) is 16.0 Å². The molecule has 0 bridgehead atoms. The van der Waals surface area contributed by atoms with Gasteiger partial charge in [0.15, 0.2) is 0 Å². The largest absolute Gasteiger partial charge is 0.371 e. The smallest absolute Gasteiger partial charge is 0.237 e. The summed E-state index contributed by atoms with van der Waals surface area (Å²) in [5.74, 6) is -0.136. The van der Waals surface area contributed by atoms with Crippen LogP contribution in [0.1, 0.15) is 19.3 Å². The summed E-state index contributed by atoms with van der Waals surface area (Å²) < 4.78 is 13.6. The predicted octanol–water partition coefficient (Wildman–Crippen LogP) is 2.60. The molecule has 29 heavy (non-hydrogen) atoms. The molecule has 6 nitrogen and oxygen atoms in total. The first-order chi connectivity index (χ1) is 14.1. The van der Waals surface area contributed by atoms with Crippen molar-refractivity contribution in [2.45, 2.75) is 37.5 Å². The first-order valence-corrected chi connectivity index (χ1v) is 10.2. The van der Waals surface area contributed by atoms with Gasteiger partial charge in [-0.1, -0.05) is 12.1 Å². The van der Waals surface area contributed by atoms with Crippen LogP contribution in [-0.2, 0) is 4.79 Å². The number of rotatable bonds is 4. The van der Waals surface area contributed by atoms with Crippen molar-refractivity contribution >= 4 is 22.4 Å². The van der Waals surface area contributed by atoms with E-state index in [-0.39, 0.29) is 25.4 Å². The molecule has 2 atom stereocenters. The number of anilines is 1. The molecule has 0 saturated carbocycles. The Morgan fingerprint density at radius 1 is 1.34 bits per heavy atom. The van der Waals surface area contributed by atoms with E-state index < -0.39 is 12.2 Å². The topological polar surface area (TPSA) is 63.5 Å². The van der Waals surface area contributed by atoms with Crippen LogP contribution in [0.3, 0.4) is 0 Å². The second kappa shape index (κ2) is 8.34. The highest BCUT2D eigenvalue weighted by atomic mass is 19.1. The number of halogens is 1. The Morgan fingerprint density at radius 2 is 2.14 bits per heavy atom. The summed E-state index contributed by atoms with van der Waals surface area (Å²) in [6, 6.07) is 10.1. The van der Waals surface area contributed by atoms with Gasteiger partial charge in [0, 0.05) is 56.1 Å². The van der Waals surface area contributed by atoms with Crippen LogP contribution in [0.25, 0.3) is 10.8 Å². The zero-order valence-corrected chi connectivity index (χ0v) is 16.7. The van der Waals surface area contributed by atoms with Crippen LogP contribution in [0.2, 0.25) is 0 Å². The second-order valence-corrected chi connectivity index (χ2v) is 8.02. The minimum Gasteiger partial charge on any atom is -0.371 e. The molecule has 1 aromatic heterocycles. The minimum atomic E-state index is -1.09. The molecule has 2 aliphatic heterocycles. The molecule has 7 heteroatoms. The van der Waals surface area contributed by atoms with Crippen LogP contribution in [0.4, 0.5) is 10.1 Å². The standard InChI is InChI=1S/C22H26FN5O/c1-26(21-4-2-3-16-5-8-25-13-20(16)21)18-6-9-27(10-7-18)15-22(29)28-14-17(23)11-19(28)12-24/h2-5,8,13,17-19H,6-7,9-11,14-15H2,1H3/t17-,19-/m0/s1. The summed E-state index contributed by atoms with van der Waals surface area (Å²) in [6.45, 7) is 1.94. The van der Waals surface area contributed by atoms with Crippen LogP contribution in [-0.4, -0.2) is 72.2 Å². The van der Waals surface area contributed by atoms with Crippen molar-refractivity contribution in [2.24, 2.45) is 0 Å². The number of carbonyl (C=O) groups excluding carboxylic acids is 1. The van der Waals surface area contributed by atoms with Gasteiger partial charge in [-0.15, -0.1) is 0 Å². The molecule has 2 aliphatic rings. The van der Waals surface area contributed by atoms with E-state index in [9.17, 15) is 9.18 Å². The fourth-order valence-electron chi connectivity index (χ4n) is 4.53. The Balaban J connectivity index is 1.36. The number of carbonyl (C=O) groups is 1. The Morgan fingerprint density at radius 3 is 2.90 bits per heavy atom. The molecular weight excluding hydrogens is 369 g/mol. The third-order valence-corrected chi connectivity index (χ3v) is 6.22. The number of benzene rings is 1. The van der Waals surface area contributed by atoms with Gasteiger partial charge in [0.25, 0.3) is 0 Å². The fraction of sp³-hybridized carbons (Fsp3) is 0.500. The number of hydrogen-bond acceptors (Lipinski definition) is 5. The maximum absolute atomic E-state index is 13.6. The number of piperidine rings is 1. The van der Waals surface area contributed by atoms with Crippen molar-refractivity contribution in [1.82, 2.24) is 14.8 Å². The Bertz CT molecular complexity index is 916. The number of nitriles is 1. The maximum Gasteiger partial charge on any atom is 0.237 e. The third kappa shape index (κ3) is 4.03. The summed E-state index contributed by atoms with van der Waals surface area (Å²) in [4.78, 5) is 22.7. The van der Waals surface area contributed by atoms with E-state index in [1.54, 1.807) is 0 Å². The zero-order valence-electron chi connectivity index (χ0n) is 16.7. The van der Waals surface area contributed by atoms with E-state index in [4.69, 9.17) is 5.26 Å². The van der Waals surface area contributed by atoms with Crippen LogP contribution in [0, 0.1) is 11.3 Å². The Kier molecular flexibility index (Phi) is 5.63. The number of likely N-dealkylation sites (tertiary alicyclic amines) is 2. The molecule has 0 aliphatic carbocycles.